The molecule has 0 radical (unpaired) electrons. The average molecular weight is 412 g/mol. The van der Waals surface area contributed by atoms with Crippen LogP contribution < -0.4 is 20.6 Å². The van der Waals surface area contributed by atoms with Crippen molar-refractivity contribution < 1.29 is 18.8 Å². The molecule has 2 aromatic rings. The van der Waals surface area contributed by atoms with Crippen molar-refractivity contribution in [2.24, 2.45) is 0 Å². The fourth-order valence-electron chi connectivity index (χ4n) is 2.72. The highest BCUT2D eigenvalue weighted by Crippen LogP contribution is 2.29. The highest BCUT2D eigenvalue weighted by atomic mass is 79.9. The summed E-state index contributed by atoms with van der Waals surface area (Å²) in [4.78, 5) is 26.0. The fraction of sp³-hybridized carbons (Fsp3) is 0.444. The van der Waals surface area contributed by atoms with Crippen LogP contribution in [0.3, 0.4) is 0 Å². The van der Waals surface area contributed by atoms with Gasteiger partial charge in [-0.3, -0.25) is 4.79 Å². The van der Waals surface area contributed by atoms with Gasteiger partial charge in [0.25, 0.3) is 5.91 Å². The van der Waals surface area contributed by atoms with Gasteiger partial charge in [0, 0.05) is 22.8 Å². The molecule has 0 atom stereocenters. The lowest BCUT2D eigenvalue weighted by molar-refractivity contribution is -0.896. The molecule has 1 heterocycles. The molecule has 0 unspecified atom stereocenters. The van der Waals surface area contributed by atoms with Crippen LogP contribution in [-0.4, -0.2) is 39.2 Å². The van der Waals surface area contributed by atoms with Crippen molar-refractivity contribution in [3.63, 3.8) is 0 Å². The largest absolute Gasteiger partial charge is 0.493 e. The van der Waals surface area contributed by atoms with Gasteiger partial charge in [-0.2, -0.15) is 0 Å². The summed E-state index contributed by atoms with van der Waals surface area (Å²) in [7, 11) is 1.50. The van der Waals surface area contributed by atoms with Crippen LogP contribution in [0, 0.1) is 0 Å². The average Bonchev–Trinajstić information content (AvgIpc) is 2.60. The maximum atomic E-state index is 12.3. The second-order valence-electron chi connectivity index (χ2n) is 5.79. The highest BCUT2D eigenvalue weighted by molar-refractivity contribution is 9.10. The molecule has 0 fully saturated rings. The van der Waals surface area contributed by atoms with E-state index in [0.717, 1.165) is 30.5 Å². The van der Waals surface area contributed by atoms with Crippen LogP contribution in [0.15, 0.2) is 31.9 Å². The van der Waals surface area contributed by atoms with E-state index < -0.39 is 11.5 Å². The summed E-state index contributed by atoms with van der Waals surface area (Å²) in [6.07, 6.45) is 0.862. The molecule has 1 aromatic heterocycles. The van der Waals surface area contributed by atoms with Crippen molar-refractivity contribution >= 4 is 32.8 Å². The lowest BCUT2D eigenvalue weighted by atomic mass is 10.1. The van der Waals surface area contributed by atoms with Crippen molar-refractivity contribution in [2.45, 2.75) is 20.3 Å². The minimum absolute atomic E-state index is 0.00263. The molecule has 6 nitrogen and oxygen atoms in total. The first kappa shape index (κ1) is 19.5. The van der Waals surface area contributed by atoms with Crippen LogP contribution >= 0.6 is 15.9 Å². The summed E-state index contributed by atoms with van der Waals surface area (Å²) in [6.45, 7) is 7.93. The monoisotopic (exact) mass is 411 g/mol. The Bertz CT molecular complexity index is 799. The Balaban J connectivity index is 2.13. The zero-order chi connectivity index (χ0) is 18.4. The molecule has 0 saturated carbocycles. The minimum Gasteiger partial charge on any atom is -0.493 e. The quantitative estimate of drug-likeness (QED) is 0.511. The number of ether oxygens (including phenoxy) is 1. The Labute approximate surface area is 155 Å². The maximum absolute atomic E-state index is 12.3. The first-order valence-electron chi connectivity index (χ1n) is 8.43. The minimum atomic E-state index is -0.667. The summed E-state index contributed by atoms with van der Waals surface area (Å²) in [5, 5.41) is 3.42. The number of carbonyl (C=O) groups is 1. The van der Waals surface area contributed by atoms with Crippen LogP contribution in [0.4, 0.5) is 0 Å². The summed E-state index contributed by atoms with van der Waals surface area (Å²) in [5.41, 5.74) is -0.333. The standard InChI is InChI=1S/C18H23BrN2O4/c1-4-21(5-2)8-6-7-20-17(22)14-10-12-9-13(19)11-15(24-3)16(12)25-18(14)23/h9-11H,4-8H2,1-3H3,(H,20,22)/p+1. The third-order valence-electron chi connectivity index (χ3n) is 4.22. The second kappa shape index (κ2) is 9.01. The van der Waals surface area contributed by atoms with Crippen LogP contribution in [0.5, 0.6) is 5.75 Å². The number of rotatable bonds is 8. The second-order valence-corrected chi connectivity index (χ2v) is 6.71. The van der Waals surface area contributed by atoms with E-state index in [9.17, 15) is 9.59 Å². The third-order valence-corrected chi connectivity index (χ3v) is 4.68. The fourth-order valence-corrected chi connectivity index (χ4v) is 3.17. The SMILES string of the molecule is CC[NH+](CC)CCCNC(=O)c1cc2cc(Br)cc(OC)c2oc1=O. The van der Waals surface area contributed by atoms with Gasteiger partial charge in [-0.1, -0.05) is 15.9 Å². The number of quaternary nitrogens is 1. The van der Waals surface area contributed by atoms with E-state index in [0.29, 0.717) is 23.3 Å². The molecule has 0 aliphatic rings. The molecule has 2 rings (SSSR count). The Morgan fingerprint density at radius 1 is 1.28 bits per heavy atom. The Morgan fingerprint density at radius 2 is 2.00 bits per heavy atom. The molecular weight excluding hydrogens is 388 g/mol. The number of carbonyl (C=O) groups excluding carboxylic acids is 1. The molecule has 0 bridgehead atoms. The van der Waals surface area contributed by atoms with Gasteiger partial charge in [0.1, 0.15) is 5.56 Å². The molecular formula is C18H24BrN2O4+. The number of methoxy groups -OCH3 is 1. The number of hydrogen-bond acceptors (Lipinski definition) is 4. The molecule has 1 aromatic carbocycles. The highest BCUT2D eigenvalue weighted by Gasteiger charge is 2.16. The first-order chi connectivity index (χ1) is 12.0. The normalized spacial score (nSPS) is 11.1. The van der Waals surface area contributed by atoms with E-state index in [1.54, 1.807) is 18.2 Å². The van der Waals surface area contributed by atoms with E-state index >= 15 is 0 Å². The van der Waals surface area contributed by atoms with Gasteiger partial charge >= 0.3 is 5.63 Å². The predicted octanol–water partition coefficient (Wildman–Crippen LogP) is 1.61. The van der Waals surface area contributed by atoms with E-state index in [4.69, 9.17) is 9.15 Å². The lowest BCUT2D eigenvalue weighted by Crippen LogP contribution is -3.11. The van der Waals surface area contributed by atoms with Crippen molar-refractivity contribution in [1.29, 1.82) is 0 Å². The molecule has 1 amide bonds. The molecule has 7 heteroatoms. The van der Waals surface area contributed by atoms with Crippen LogP contribution in [0.25, 0.3) is 11.0 Å². The van der Waals surface area contributed by atoms with Crippen LogP contribution in [0.2, 0.25) is 0 Å². The van der Waals surface area contributed by atoms with Crippen molar-refractivity contribution in [2.75, 3.05) is 33.3 Å². The van der Waals surface area contributed by atoms with Gasteiger partial charge in [0.05, 0.1) is 26.7 Å². The number of halogens is 1. The van der Waals surface area contributed by atoms with Gasteiger partial charge in [-0.15, -0.1) is 0 Å². The van der Waals surface area contributed by atoms with E-state index in [2.05, 4.69) is 35.1 Å². The van der Waals surface area contributed by atoms with Gasteiger partial charge < -0.3 is 19.4 Å². The van der Waals surface area contributed by atoms with Gasteiger partial charge in [0.2, 0.25) is 0 Å². The van der Waals surface area contributed by atoms with E-state index in [1.165, 1.54) is 12.0 Å². The number of hydrogen-bond donors (Lipinski definition) is 2. The smallest absolute Gasteiger partial charge is 0.349 e. The summed E-state index contributed by atoms with van der Waals surface area (Å²) in [6, 6.07) is 5.03. The zero-order valence-electron chi connectivity index (χ0n) is 14.8. The molecule has 0 aliphatic heterocycles. The van der Waals surface area contributed by atoms with Crippen LogP contribution in [-0.2, 0) is 0 Å². The first-order valence-corrected chi connectivity index (χ1v) is 9.22. The Hall–Kier alpha value is -1.86. The van der Waals surface area contributed by atoms with Crippen molar-refractivity contribution in [3.05, 3.63) is 38.7 Å². The number of nitrogens with one attached hydrogen (secondary N) is 2. The lowest BCUT2D eigenvalue weighted by Gasteiger charge is -2.15. The maximum Gasteiger partial charge on any atom is 0.349 e. The molecule has 0 aliphatic carbocycles. The van der Waals surface area contributed by atoms with E-state index in [1.807, 2.05) is 0 Å². The zero-order valence-corrected chi connectivity index (χ0v) is 16.4. The molecule has 136 valence electrons. The van der Waals surface area contributed by atoms with Crippen molar-refractivity contribution in [1.82, 2.24) is 5.32 Å². The Morgan fingerprint density at radius 3 is 2.64 bits per heavy atom. The molecule has 2 N–H and O–H groups in total. The number of fused-ring (bicyclic) bond motifs is 1. The predicted molar refractivity (Wildman–Crippen MR) is 101 cm³/mol. The summed E-state index contributed by atoms with van der Waals surface area (Å²) < 4.78 is 11.3. The third kappa shape index (κ3) is 4.83. The van der Waals surface area contributed by atoms with Gasteiger partial charge in [-0.05, 0) is 32.0 Å². The number of amides is 1. The van der Waals surface area contributed by atoms with Crippen LogP contribution in [0.1, 0.15) is 30.6 Å². The molecule has 0 saturated heterocycles. The van der Waals surface area contributed by atoms with Gasteiger partial charge in [0.15, 0.2) is 11.3 Å². The van der Waals surface area contributed by atoms with Gasteiger partial charge in [-0.25, -0.2) is 4.79 Å². The molecule has 25 heavy (non-hydrogen) atoms. The van der Waals surface area contributed by atoms with Crippen molar-refractivity contribution in [3.8, 4) is 5.75 Å². The Kier molecular flexibility index (Phi) is 7.01. The topological polar surface area (TPSA) is 73.0 Å². The number of benzene rings is 1. The van der Waals surface area contributed by atoms with E-state index in [-0.39, 0.29) is 5.56 Å². The summed E-state index contributed by atoms with van der Waals surface area (Å²) in [5.74, 6) is 0.0276. The molecule has 0 spiro atoms. The summed E-state index contributed by atoms with van der Waals surface area (Å²) >= 11 is 3.38.